The van der Waals surface area contributed by atoms with Crippen LogP contribution >= 0.6 is 0 Å². The third-order valence-corrected chi connectivity index (χ3v) is 0. The van der Waals surface area contributed by atoms with E-state index in [0.29, 0.717) is 0 Å². The van der Waals surface area contributed by atoms with Gasteiger partial charge < -0.3 is 17.1 Å². The van der Waals surface area contributed by atoms with E-state index in [0.717, 1.165) is 0 Å². The fourth-order valence-corrected chi connectivity index (χ4v) is 0. The van der Waals surface area contributed by atoms with Gasteiger partial charge in [0.05, 0.1) is 0 Å². The minimum atomic E-state index is 0. The normalized spacial score (nSPS) is 0. The second-order valence-corrected chi connectivity index (χ2v) is 0. The third-order valence-electron chi connectivity index (χ3n) is 0. The first-order chi connectivity index (χ1) is 0. The van der Waals surface area contributed by atoms with Crippen LogP contribution in [0, 0.1) is 0 Å². The molecule has 0 spiro atoms. The van der Waals surface area contributed by atoms with Gasteiger partial charge in [0.15, 0.2) is 0 Å². The molecule has 0 unspecified atom stereocenters. The molecule has 0 aromatic heterocycles. The van der Waals surface area contributed by atoms with E-state index in [1.165, 1.54) is 0 Å². The largest absolute Gasteiger partial charge is 2.00 e. The first-order valence-electron chi connectivity index (χ1n) is 0. The minimum absolute atomic E-state index is 0. The zero-order valence-electron chi connectivity index (χ0n) is 2.62. The van der Waals surface area contributed by atoms with Crippen molar-refractivity contribution < 1.29 is 30.4 Å². The quantitative estimate of drug-likeness (QED) is 0.411. The summed E-state index contributed by atoms with van der Waals surface area (Å²) >= 11 is 0. The van der Waals surface area contributed by atoms with Crippen molar-refractivity contribution in [3.63, 3.8) is 0 Å². The molecule has 0 radical (unpaired) electrons. The Morgan fingerprint density at radius 3 is 1.00 bits per heavy atom. The Hall–Kier alpha value is 0.503. The molecule has 0 heterocycles. The Kier molecular flexibility index (Phi) is 4730. The van der Waals surface area contributed by atoms with Crippen molar-refractivity contribution in [2.24, 2.45) is 0 Å². The molecular formula is H6NO2Zn-. The van der Waals surface area contributed by atoms with Crippen LogP contribution in [-0.2, 0) is 25.0 Å². The van der Waals surface area contributed by atoms with Gasteiger partial charge in [0.1, 0.15) is 0 Å². The molecule has 4 heteroatoms. The molecule has 26 valence electrons. The van der Waals surface area contributed by atoms with Gasteiger partial charge in [-0.25, -0.2) is 0 Å². The van der Waals surface area contributed by atoms with E-state index in [2.05, 4.69) is 0 Å². The molecule has 0 amide bonds. The summed E-state index contributed by atoms with van der Waals surface area (Å²) in [6, 6.07) is 0. The maximum atomic E-state index is 0. The minimum Gasteiger partial charge on any atom is -2.00 e. The van der Waals surface area contributed by atoms with Crippen LogP contribution in [0.3, 0.4) is 0 Å². The van der Waals surface area contributed by atoms with Crippen molar-refractivity contribution >= 4 is 0 Å². The molecule has 6 N–H and O–H groups in total. The number of quaternary nitrogens is 1. The molecule has 0 atom stereocenters. The predicted octanol–water partition coefficient (Wildman–Crippen LogP) is -0.570. The van der Waals surface area contributed by atoms with Crippen molar-refractivity contribution in [1.29, 1.82) is 0 Å². The van der Waals surface area contributed by atoms with E-state index in [-0.39, 0.29) is 36.6 Å². The van der Waals surface area contributed by atoms with Crippen LogP contribution in [0.2, 0.25) is 0 Å². The van der Waals surface area contributed by atoms with Gasteiger partial charge in [-0.05, 0) is 0 Å². The zero-order chi connectivity index (χ0) is 0. The predicted molar refractivity (Wildman–Crippen MR) is 10.3 cm³/mol. The summed E-state index contributed by atoms with van der Waals surface area (Å²) in [5.74, 6) is 0. The van der Waals surface area contributed by atoms with Crippen LogP contribution < -0.4 is 6.15 Å². The molecule has 0 aliphatic rings. The Bertz CT molecular complexity index is 6.00. The van der Waals surface area contributed by atoms with Crippen LogP contribution in [0.5, 0.6) is 0 Å². The SMILES string of the molecule is O.[NH4+].[O-2].[Zn]. The van der Waals surface area contributed by atoms with Crippen LogP contribution in [0.1, 0.15) is 0 Å². The van der Waals surface area contributed by atoms with Crippen LogP contribution in [-0.4, -0.2) is 5.48 Å². The first-order valence-corrected chi connectivity index (χ1v) is 0. The summed E-state index contributed by atoms with van der Waals surface area (Å²) < 4.78 is 0. The fourth-order valence-electron chi connectivity index (χ4n) is 0. The number of rotatable bonds is 0. The maximum absolute atomic E-state index is 0. The second-order valence-electron chi connectivity index (χ2n) is 0. The number of hydrogen-bond donors (Lipinski definition) is 1. The molecule has 0 aromatic rings. The van der Waals surface area contributed by atoms with Crippen LogP contribution in [0.25, 0.3) is 0 Å². The van der Waals surface area contributed by atoms with E-state index in [1.54, 1.807) is 0 Å². The average molecular weight is 117 g/mol. The number of hydrogen-bond acceptors (Lipinski definition) is 0. The van der Waals surface area contributed by atoms with Crippen molar-refractivity contribution in [2.45, 2.75) is 0 Å². The van der Waals surface area contributed by atoms with E-state index in [4.69, 9.17) is 0 Å². The first kappa shape index (κ1) is 218. The third kappa shape index (κ3) is 22.3. The zero-order valence-corrected chi connectivity index (χ0v) is 5.58. The summed E-state index contributed by atoms with van der Waals surface area (Å²) in [7, 11) is 0. The van der Waals surface area contributed by atoms with Crippen molar-refractivity contribution in [3.8, 4) is 0 Å². The Morgan fingerprint density at radius 1 is 1.00 bits per heavy atom. The van der Waals surface area contributed by atoms with Crippen molar-refractivity contribution in [1.82, 2.24) is 6.15 Å². The topological polar surface area (TPSA) is 96.5 Å². The molecule has 0 aliphatic heterocycles. The average Bonchev–Trinajstić information content (AvgIpc) is 0. The molecule has 0 aromatic carbocycles. The summed E-state index contributed by atoms with van der Waals surface area (Å²) in [5, 5.41) is 0. The van der Waals surface area contributed by atoms with Gasteiger partial charge in [0, 0.05) is 19.5 Å². The molecule has 3 nitrogen and oxygen atoms in total. The summed E-state index contributed by atoms with van der Waals surface area (Å²) in [6.07, 6.45) is 0. The van der Waals surface area contributed by atoms with Gasteiger partial charge in [-0.2, -0.15) is 0 Å². The van der Waals surface area contributed by atoms with E-state index < -0.39 is 0 Å². The van der Waals surface area contributed by atoms with Gasteiger partial charge in [0.25, 0.3) is 0 Å². The molecular weight excluding hydrogens is 111 g/mol. The molecule has 4 heavy (non-hydrogen) atoms. The molecule has 0 saturated carbocycles. The van der Waals surface area contributed by atoms with Crippen LogP contribution in [0.15, 0.2) is 0 Å². The van der Waals surface area contributed by atoms with Crippen LogP contribution in [0.4, 0.5) is 0 Å². The van der Waals surface area contributed by atoms with E-state index in [1.807, 2.05) is 0 Å². The molecule has 0 rings (SSSR count). The Labute approximate surface area is 37.3 Å². The summed E-state index contributed by atoms with van der Waals surface area (Å²) in [4.78, 5) is 0. The molecule has 0 fully saturated rings. The van der Waals surface area contributed by atoms with Crippen molar-refractivity contribution in [2.75, 3.05) is 0 Å². The maximum Gasteiger partial charge on any atom is 0 e. The Balaban J connectivity index is 0. The fraction of sp³-hybridized carbons (Fsp3) is 0. The smallest absolute Gasteiger partial charge is 0 e. The summed E-state index contributed by atoms with van der Waals surface area (Å²) in [5.41, 5.74) is 0. The summed E-state index contributed by atoms with van der Waals surface area (Å²) in [6.45, 7) is 0. The van der Waals surface area contributed by atoms with Gasteiger partial charge in [-0.1, -0.05) is 0 Å². The monoisotopic (exact) mass is 116 g/mol. The van der Waals surface area contributed by atoms with Gasteiger partial charge in [-0.3, -0.25) is 0 Å². The van der Waals surface area contributed by atoms with Gasteiger partial charge in [-0.15, -0.1) is 0 Å². The standard InChI is InChI=1S/H3N.H2O.O.Zn/h1H3;1H2;;/q;;-2;/p+1. The van der Waals surface area contributed by atoms with Gasteiger partial charge in [0.2, 0.25) is 0 Å². The van der Waals surface area contributed by atoms with Gasteiger partial charge >= 0.3 is 0 Å². The molecule has 0 bridgehead atoms. The molecule has 0 saturated heterocycles. The van der Waals surface area contributed by atoms with E-state index >= 15 is 0 Å². The van der Waals surface area contributed by atoms with Crippen molar-refractivity contribution in [3.05, 3.63) is 0 Å². The molecule has 0 aliphatic carbocycles. The van der Waals surface area contributed by atoms with E-state index in [9.17, 15) is 0 Å². The second kappa shape index (κ2) is 86.6. The Morgan fingerprint density at radius 2 is 1.00 bits per heavy atom.